The van der Waals surface area contributed by atoms with E-state index in [-0.39, 0.29) is 12.5 Å². The normalized spacial score (nSPS) is 10.6. The number of hydrogen-bond donors (Lipinski definition) is 2. The molecule has 5 nitrogen and oxygen atoms in total. The Morgan fingerprint density at radius 2 is 2.30 bits per heavy atom. The smallest absolute Gasteiger partial charge is 0.252 e. The summed E-state index contributed by atoms with van der Waals surface area (Å²) < 4.78 is 5.54. The van der Waals surface area contributed by atoms with Crippen molar-refractivity contribution in [1.82, 2.24) is 10.3 Å². The van der Waals surface area contributed by atoms with Gasteiger partial charge < -0.3 is 15.8 Å². The molecule has 108 valence electrons. The number of carbonyl (C=O) groups is 1. The third-order valence-corrected chi connectivity index (χ3v) is 2.60. The number of rotatable bonds is 5. The SMILES string of the molecule is CCOC(C)(C)CNC(=O)c1ccncc1C#CCN. The van der Waals surface area contributed by atoms with Crippen molar-refractivity contribution in [3.63, 3.8) is 0 Å². The molecule has 1 aromatic heterocycles. The molecule has 0 saturated carbocycles. The predicted molar refractivity (Wildman–Crippen MR) is 78.2 cm³/mol. The van der Waals surface area contributed by atoms with Crippen LogP contribution in [0.2, 0.25) is 0 Å². The maximum absolute atomic E-state index is 12.2. The Labute approximate surface area is 119 Å². The second-order valence-corrected chi connectivity index (χ2v) is 4.80. The molecule has 0 bridgehead atoms. The first kappa shape index (κ1) is 16.2. The third kappa shape index (κ3) is 5.00. The zero-order valence-electron chi connectivity index (χ0n) is 12.2. The van der Waals surface area contributed by atoms with Crippen LogP contribution in [0.1, 0.15) is 36.7 Å². The second-order valence-electron chi connectivity index (χ2n) is 4.80. The van der Waals surface area contributed by atoms with Crippen LogP contribution in [0, 0.1) is 11.8 Å². The Hall–Kier alpha value is -1.90. The molecular weight excluding hydrogens is 254 g/mol. The van der Waals surface area contributed by atoms with Crippen LogP contribution in [0.15, 0.2) is 18.5 Å². The molecule has 0 unspecified atom stereocenters. The van der Waals surface area contributed by atoms with Crippen molar-refractivity contribution in [3.8, 4) is 11.8 Å². The Morgan fingerprint density at radius 1 is 1.55 bits per heavy atom. The Bertz CT molecular complexity index is 515. The molecule has 20 heavy (non-hydrogen) atoms. The van der Waals surface area contributed by atoms with Gasteiger partial charge in [0.25, 0.3) is 5.91 Å². The fraction of sp³-hybridized carbons (Fsp3) is 0.467. The number of pyridine rings is 1. The van der Waals surface area contributed by atoms with Gasteiger partial charge in [0, 0.05) is 25.5 Å². The van der Waals surface area contributed by atoms with E-state index >= 15 is 0 Å². The summed E-state index contributed by atoms with van der Waals surface area (Å²) in [5.41, 5.74) is 6.01. The first-order valence-electron chi connectivity index (χ1n) is 6.55. The van der Waals surface area contributed by atoms with Crippen LogP contribution in [-0.2, 0) is 4.74 Å². The van der Waals surface area contributed by atoms with Gasteiger partial charge in [0.2, 0.25) is 0 Å². The summed E-state index contributed by atoms with van der Waals surface area (Å²) in [4.78, 5) is 16.2. The van der Waals surface area contributed by atoms with Crippen LogP contribution in [0.25, 0.3) is 0 Å². The molecule has 5 heteroatoms. The Morgan fingerprint density at radius 3 is 2.95 bits per heavy atom. The fourth-order valence-electron chi connectivity index (χ4n) is 1.67. The van der Waals surface area contributed by atoms with Gasteiger partial charge in [0.1, 0.15) is 0 Å². The van der Waals surface area contributed by atoms with Crippen LogP contribution in [0.4, 0.5) is 0 Å². The van der Waals surface area contributed by atoms with Crippen molar-refractivity contribution in [3.05, 3.63) is 29.6 Å². The van der Waals surface area contributed by atoms with E-state index in [1.807, 2.05) is 20.8 Å². The zero-order chi connectivity index (χ0) is 15.0. The molecule has 3 N–H and O–H groups in total. The molecule has 1 aromatic rings. The predicted octanol–water partition coefficient (Wildman–Crippen LogP) is 0.937. The molecule has 1 heterocycles. The minimum absolute atomic E-state index is 0.193. The van der Waals surface area contributed by atoms with E-state index in [1.54, 1.807) is 18.5 Å². The number of nitrogens with two attached hydrogens (primary N) is 1. The molecule has 0 atom stereocenters. The standard InChI is InChI=1S/C15H21N3O2/c1-4-20-15(2,3)11-18-14(19)13-7-9-17-10-12(13)6-5-8-16/h7,9-10H,4,8,11,16H2,1-3H3,(H,18,19). The topological polar surface area (TPSA) is 77.2 Å². The van der Waals surface area contributed by atoms with Crippen LogP contribution < -0.4 is 11.1 Å². The van der Waals surface area contributed by atoms with Crippen LogP contribution in [0.3, 0.4) is 0 Å². The quantitative estimate of drug-likeness (QED) is 0.784. The monoisotopic (exact) mass is 275 g/mol. The average Bonchev–Trinajstić information content (AvgIpc) is 2.43. The minimum Gasteiger partial charge on any atom is -0.374 e. The van der Waals surface area contributed by atoms with Crippen LogP contribution in [-0.4, -0.2) is 36.2 Å². The average molecular weight is 275 g/mol. The van der Waals surface area contributed by atoms with Gasteiger partial charge in [-0.05, 0) is 26.8 Å². The summed E-state index contributed by atoms with van der Waals surface area (Å²) in [6, 6.07) is 1.64. The highest BCUT2D eigenvalue weighted by molar-refractivity contribution is 5.96. The first-order chi connectivity index (χ1) is 9.50. The van der Waals surface area contributed by atoms with Crippen molar-refractivity contribution >= 4 is 5.91 Å². The van der Waals surface area contributed by atoms with Gasteiger partial charge in [-0.3, -0.25) is 9.78 Å². The fourth-order valence-corrected chi connectivity index (χ4v) is 1.67. The van der Waals surface area contributed by atoms with E-state index in [2.05, 4.69) is 22.1 Å². The molecular formula is C15H21N3O2. The highest BCUT2D eigenvalue weighted by atomic mass is 16.5. The largest absolute Gasteiger partial charge is 0.374 e. The Kier molecular flexibility index (Phi) is 6.16. The number of aromatic nitrogens is 1. The van der Waals surface area contributed by atoms with Gasteiger partial charge in [-0.2, -0.15) is 0 Å². The molecule has 0 aliphatic carbocycles. The molecule has 1 rings (SSSR count). The summed E-state index contributed by atoms with van der Waals surface area (Å²) >= 11 is 0. The molecule has 0 fully saturated rings. The van der Waals surface area contributed by atoms with Gasteiger partial charge in [-0.25, -0.2) is 0 Å². The third-order valence-electron chi connectivity index (χ3n) is 2.60. The summed E-state index contributed by atoms with van der Waals surface area (Å²) in [7, 11) is 0. The summed E-state index contributed by atoms with van der Waals surface area (Å²) in [5.74, 6) is 5.38. The first-order valence-corrected chi connectivity index (χ1v) is 6.55. The Balaban J connectivity index is 2.78. The summed E-state index contributed by atoms with van der Waals surface area (Å²) in [6.45, 7) is 7.05. The minimum atomic E-state index is -0.402. The number of carbonyl (C=O) groups excluding carboxylic acids is 1. The second kappa shape index (κ2) is 7.63. The molecule has 0 aliphatic rings. The number of ether oxygens (including phenoxy) is 1. The van der Waals surface area contributed by atoms with Gasteiger partial charge in [0.05, 0.1) is 23.3 Å². The van der Waals surface area contributed by atoms with E-state index in [0.717, 1.165) is 0 Å². The van der Waals surface area contributed by atoms with E-state index in [0.29, 0.717) is 24.3 Å². The molecule has 0 spiro atoms. The van der Waals surface area contributed by atoms with E-state index in [1.165, 1.54) is 0 Å². The highest BCUT2D eigenvalue weighted by Gasteiger charge is 2.19. The summed E-state index contributed by atoms with van der Waals surface area (Å²) in [6.07, 6.45) is 3.13. The van der Waals surface area contributed by atoms with E-state index < -0.39 is 5.60 Å². The van der Waals surface area contributed by atoms with Crippen molar-refractivity contribution in [1.29, 1.82) is 0 Å². The van der Waals surface area contributed by atoms with E-state index in [9.17, 15) is 4.79 Å². The maximum Gasteiger partial charge on any atom is 0.252 e. The highest BCUT2D eigenvalue weighted by Crippen LogP contribution is 2.09. The van der Waals surface area contributed by atoms with Crippen molar-refractivity contribution in [2.75, 3.05) is 19.7 Å². The van der Waals surface area contributed by atoms with Crippen molar-refractivity contribution in [2.45, 2.75) is 26.4 Å². The molecule has 1 amide bonds. The van der Waals surface area contributed by atoms with Gasteiger partial charge in [-0.1, -0.05) is 11.8 Å². The summed E-state index contributed by atoms with van der Waals surface area (Å²) in [5, 5.41) is 2.85. The lowest BCUT2D eigenvalue weighted by Crippen LogP contribution is -2.40. The van der Waals surface area contributed by atoms with Crippen LogP contribution >= 0.6 is 0 Å². The van der Waals surface area contributed by atoms with Crippen molar-refractivity contribution in [2.24, 2.45) is 5.73 Å². The van der Waals surface area contributed by atoms with Gasteiger partial charge in [-0.15, -0.1) is 0 Å². The maximum atomic E-state index is 12.2. The lowest BCUT2D eigenvalue weighted by atomic mass is 10.1. The molecule has 0 saturated heterocycles. The molecule has 0 radical (unpaired) electrons. The molecule has 0 aliphatic heterocycles. The van der Waals surface area contributed by atoms with Crippen molar-refractivity contribution < 1.29 is 9.53 Å². The zero-order valence-corrected chi connectivity index (χ0v) is 12.2. The lowest BCUT2D eigenvalue weighted by Gasteiger charge is -2.24. The molecule has 0 aromatic carbocycles. The number of nitrogens with one attached hydrogen (secondary N) is 1. The number of amides is 1. The number of nitrogens with zero attached hydrogens (tertiary/aromatic N) is 1. The van der Waals surface area contributed by atoms with Crippen LogP contribution in [0.5, 0.6) is 0 Å². The number of hydrogen-bond acceptors (Lipinski definition) is 4. The lowest BCUT2D eigenvalue weighted by molar-refractivity contribution is -0.00815. The van der Waals surface area contributed by atoms with Gasteiger partial charge in [0.15, 0.2) is 0 Å². The van der Waals surface area contributed by atoms with Gasteiger partial charge >= 0.3 is 0 Å². The van der Waals surface area contributed by atoms with E-state index in [4.69, 9.17) is 10.5 Å².